The summed E-state index contributed by atoms with van der Waals surface area (Å²) in [4.78, 5) is 2.50. The van der Waals surface area contributed by atoms with Gasteiger partial charge in [-0.25, -0.2) is 0 Å². The van der Waals surface area contributed by atoms with Gasteiger partial charge in [0, 0.05) is 17.5 Å². The molecule has 1 N–H and O–H groups in total. The summed E-state index contributed by atoms with van der Waals surface area (Å²) in [6.07, 6.45) is 0.896. The minimum absolute atomic E-state index is 0.116. The van der Waals surface area contributed by atoms with Gasteiger partial charge >= 0.3 is 0 Å². The highest BCUT2D eigenvalue weighted by atomic mass is 16.3. The normalized spacial score (nSPS) is 14.3. The molecule has 0 saturated carbocycles. The van der Waals surface area contributed by atoms with E-state index in [9.17, 15) is 5.11 Å². The molecule has 0 aliphatic rings. The van der Waals surface area contributed by atoms with Gasteiger partial charge in [0.05, 0.1) is 6.61 Å². The van der Waals surface area contributed by atoms with Crippen LogP contribution in [0.3, 0.4) is 0 Å². The first-order valence-electron chi connectivity index (χ1n) is 9.40. The SMILES string of the molecule is Cc1cccc(C(CO)(CCN(C(C)C)C(C)C)c2ccccc2)c1. The van der Waals surface area contributed by atoms with Crippen LogP contribution >= 0.6 is 0 Å². The molecule has 0 spiro atoms. The Morgan fingerprint density at radius 1 is 0.880 bits per heavy atom. The number of rotatable bonds is 8. The number of aliphatic hydroxyl groups is 1. The minimum atomic E-state index is -0.366. The Bertz CT molecular complexity index is 642. The highest BCUT2D eigenvalue weighted by Crippen LogP contribution is 2.36. The van der Waals surface area contributed by atoms with Crippen LogP contribution in [0.2, 0.25) is 0 Å². The second-order valence-electron chi connectivity index (χ2n) is 7.65. The molecule has 0 aliphatic heterocycles. The minimum Gasteiger partial charge on any atom is -0.395 e. The van der Waals surface area contributed by atoms with Crippen LogP contribution in [-0.4, -0.2) is 35.2 Å². The molecule has 25 heavy (non-hydrogen) atoms. The lowest BCUT2D eigenvalue weighted by molar-refractivity contribution is 0.140. The van der Waals surface area contributed by atoms with Crippen molar-refractivity contribution in [2.45, 2.75) is 58.5 Å². The van der Waals surface area contributed by atoms with E-state index in [0.29, 0.717) is 12.1 Å². The molecule has 0 aromatic heterocycles. The second kappa shape index (κ2) is 8.64. The third kappa shape index (κ3) is 4.50. The van der Waals surface area contributed by atoms with Gasteiger partial charge in [0.2, 0.25) is 0 Å². The van der Waals surface area contributed by atoms with E-state index in [1.54, 1.807) is 0 Å². The average Bonchev–Trinajstić information content (AvgIpc) is 2.59. The summed E-state index contributed by atoms with van der Waals surface area (Å²) in [6, 6.07) is 20.0. The molecule has 2 heteroatoms. The van der Waals surface area contributed by atoms with E-state index in [1.807, 2.05) is 6.07 Å². The van der Waals surface area contributed by atoms with Gasteiger partial charge in [0.25, 0.3) is 0 Å². The molecule has 0 aliphatic carbocycles. The van der Waals surface area contributed by atoms with Crippen LogP contribution < -0.4 is 0 Å². The van der Waals surface area contributed by atoms with Crippen LogP contribution in [0.4, 0.5) is 0 Å². The highest BCUT2D eigenvalue weighted by Gasteiger charge is 2.34. The molecular formula is C23H33NO. The fraction of sp³-hybridized carbons (Fsp3) is 0.478. The predicted molar refractivity (Wildman–Crippen MR) is 107 cm³/mol. The van der Waals surface area contributed by atoms with E-state index in [0.717, 1.165) is 13.0 Å². The van der Waals surface area contributed by atoms with Gasteiger partial charge in [0.1, 0.15) is 0 Å². The van der Waals surface area contributed by atoms with E-state index >= 15 is 0 Å². The topological polar surface area (TPSA) is 23.5 Å². The molecule has 2 nitrogen and oxygen atoms in total. The number of nitrogens with zero attached hydrogens (tertiary/aromatic N) is 1. The summed E-state index contributed by atoms with van der Waals surface area (Å²) in [5, 5.41) is 10.5. The summed E-state index contributed by atoms with van der Waals surface area (Å²) in [7, 11) is 0. The Morgan fingerprint density at radius 2 is 1.48 bits per heavy atom. The molecule has 2 aromatic rings. The first kappa shape index (κ1) is 19.7. The van der Waals surface area contributed by atoms with Gasteiger partial charge in [-0.3, -0.25) is 4.90 Å². The standard InChI is InChI=1S/C23H33NO/c1-18(2)24(19(3)4)15-14-23(17-25,21-11-7-6-8-12-21)22-13-9-10-20(5)16-22/h6-13,16,18-19,25H,14-15,17H2,1-5H3. The van der Waals surface area contributed by atoms with Crippen LogP contribution in [0.1, 0.15) is 50.8 Å². The van der Waals surface area contributed by atoms with Gasteiger partial charge in [0.15, 0.2) is 0 Å². The first-order chi connectivity index (χ1) is 11.9. The monoisotopic (exact) mass is 339 g/mol. The number of aryl methyl sites for hydroxylation is 1. The van der Waals surface area contributed by atoms with Crippen molar-refractivity contribution in [1.82, 2.24) is 4.90 Å². The van der Waals surface area contributed by atoms with Gasteiger partial charge in [-0.1, -0.05) is 60.2 Å². The van der Waals surface area contributed by atoms with Crippen molar-refractivity contribution in [3.8, 4) is 0 Å². The second-order valence-corrected chi connectivity index (χ2v) is 7.65. The molecule has 0 heterocycles. The lowest BCUT2D eigenvalue weighted by Gasteiger charge is -2.38. The fourth-order valence-corrected chi connectivity index (χ4v) is 3.85. The highest BCUT2D eigenvalue weighted by molar-refractivity contribution is 5.41. The maximum atomic E-state index is 10.5. The number of hydrogen-bond donors (Lipinski definition) is 1. The summed E-state index contributed by atoms with van der Waals surface area (Å²) in [5.41, 5.74) is 3.26. The van der Waals surface area contributed by atoms with E-state index < -0.39 is 0 Å². The lowest BCUT2D eigenvalue weighted by atomic mass is 9.72. The van der Waals surface area contributed by atoms with E-state index in [2.05, 4.69) is 88.0 Å². The summed E-state index contributed by atoms with van der Waals surface area (Å²) < 4.78 is 0. The van der Waals surface area contributed by atoms with E-state index in [-0.39, 0.29) is 12.0 Å². The zero-order valence-electron chi connectivity index (χ0n) is 16.4. The molecule has 1 atom stereocenters. The molecule has 1 unspecified atom stereocenters. The van der Waals surface area contributed by atoms with Crippen LogP contribution in [0, 0.1) is 6.92 Å². The summed E-state index contributed by atoms with van der Waals surface area (Å²) in [6.45, 7) is 12.2. The van der Waals surface area contributed by atoms with Crippen molar-refractivity contribution in [1.29, 1.82) is 0 Å². The van der Waals surface area contributed by atoms with Crippen LogP contribution in [0.5, 0.6) is 0 Å². The van der Waals surface area contributed by atoms with Gasteiger partial charge in [-0.05, 0) is 58.7 Å². The van der Waals surface area contributed by atoms with E-state index in [4.69, 9.17) is 0 Å². The third-order valence-electron chi connectivity index (χ3n) is 5.29. The summed E-state index contributed by atoms with van der Waals surface area (Å²) in [5.74, 6) is 0. The zero-order valence-corrected chi connectivity index (χ0v) is 16.4. The molecule has 136 valence electrons. The third-order valence-corrected chi connectivity index (χ3v) is 5.29. The molecule has 0 radical (unpaired) electrons. The Labute approximate surface area is 153 Å². The molecule has 2 rings (SSSR count). The molecule has 0 bridgehead atoms. The van der Waals surface area contributed by atoms with Crippen LogP contribution in [0.15, 0.2) is 54.6 Å². The molecule has 2 aromatic carbocycles. The predicted octanol–water partition coefficient (Wildman–Crippen LogP) is 4.78. The molecular weight excluding hydrogens is 306 g/mol. The number of aliphatic hydroxyl groups excluding tert-OH is 1. The largest absolute Gasteiger partial charge is 0.395 e. The van der Waals surface area contributed by atoms with Crippen molar-refractivity contribution in [3.63, 3.8) is 0 Å². The molecule has 0 saturated heterocycles. The Kier molecular flexibility index (Phi) is 6.80. The number of hydrogen-bond acceptors (Lipinski definition) is 2. The quantitative estimate of drug-likeness (QED) is 0.748. The first-order valence-corrected chi connectivity index (χ1v) is 9.40. The van der Waals surface area contributed by atoms with Gasteiger partial charge in [-0.2, -0.15) is 0 Å². The Hall–Kier alpha value is -1.64. The van der Waals surface area contributed by atoms with Gasteiger partial charge < -0.3 is 5.11 Å². The smallest absolute Gasteiger partial charge is 0.0569 e. The van der Waals surface area contributed by atoms with Crippen molar-refractivity contribution in [2.75, 3.05) is 13.2 Å². The van der Waals surface area contributed by atoms with Crippen molar-refractivity contribution >= 4 is 0 Å². The maximum absolute atomic E-state index is 10.5. The lowest BCUT2D eigenvalue weighted by Crippen LogP contribution is -2.42. The van der Waals surface area contributed by atoms with Crippen LogP contribution in [0.25, 0.3) is 0 Å². The zero-order chi connectivity index (χ0) is 18.4. The number of benzene rings is 2. The average molecular weight is 340 g/mol. The van der Waals surface area contributed by atoms with Crippen LogP contribution in [-0.2, 0) is 5.41 Å². The molecule has 0 fully saturated rings. The van der Waals surface area contributed by atoms with E-state index in [1.165, 1.54) is 16.7 Å². The van der Waals surface area contributed by atoms with Crippen molar-refractivity contribution < 1.29 is 5.11 Å². The van der Waals surface area contributed by atoms with Gasteiger partial charge in [-0.15, -0.1) is 0 Å². The Morgan fingerprint density at radius 3 is 2.00 bits per heavy atom. The maximum Gasteiger partial charge on any atom is 0.0569 e. The van der Waals surface area contributed by atoms with Crippen molar-refractivity contribution in [3.05, 3.63) is 71.3 Å². The summed E-state index contributed by atoms with van der Waals surface area (Å²) >= 11 is 0. The molecule has 0 amide bonds. The Balaban J connectivity index is 2.45. The van der Waals surface area contributed by atoms with Crippen molar-refractivity contribution in [2.24, 2.45) is 0 Å². The fourth-order valence-electron chi connectivity index (χ4n) is 3.85.